The molecule has 1 aromatic rings. The summed E-state index contributed by atoms with van der Waals surface area (Å²) in [5.74, 6) is -0.0995. The van der Waals surface area contributed by atoms with Crippen molar-refractivity contribution in [3.05, 3.63) is 34.9 Å². The first-order chi connectivity index (χ1) is 6.52. The quantitative estimate of drug-likeness (QED) is 0.729. The van der Waals surface area contributed by atoms with Crippen LogP contribution in [0.2, 0.25) is 0 Å². The smallest absolute Gasteiger partial charge is 0.264 e. The Kier molecular flexibility index (Phi) is 3.33. The lowest BCUT2D eigenvalue weighted by molar-refractivity contribution is -0.116. The molecule has 1 nitrogen and oxygen atoms in total. The summed E-state index contributed by atoms with van der Waals surface area (Å²) >= 11 is 0. The Morgan fingerprint density at radius 3 is 2.57 bits per heavy atom. The van der Waals surface area contributed by atoms with Gasteiger partial charge in [0.15, 0.2) is 0 Å². The van der Waals surface area contributed by atoms with Gasteiger partial charge in [0.05, 0.1) is 0 Å². The lowest BCUT2D eigenvalue weighted by Gasteiger charge is -2.10. The van der Waals surface area contributed by atoms with Crippen molar-refractivity contribution in [2.24, 2.45) is 0 Å². The highest BCUT2D eigenvalue weighted by atomic mass is 19.3. The second-order valence-corrected chi connectivity index (χ2v) is 3.33. The van der Waals surface area contributed by atoms with Crippen LogP contribution in [0.3, 0.4) is 0 Å². The van der Waals surface area contributed by atoms with Crippen LogP contribution >= 0.6 is 0 Å². The minimum atomic E-state index is -2.51. The van der Waals surface area contributed by atoms with E-state index >= 15 is 0 Å². The van der Waals surface area contributed by atoms with Gasteiger partial charge in [-0.1, -0.05) is 18.2 Å². The molecule has 0 saturated heterocycles. The van der Waals surface area contributed by atoms with Gasteiger partial charge in [0.2, 0.25) is 0 Å². The molecule has 0 atom stereocenters. The standard InChI is InChI=1S/C11H12F2O/c1-7-4-3-5-9(6-8(2)14)10(7)11(12)13/h3-5,11H,6H2,1-2H3. The van der Waals surface area contributed by atoms with Gasteiger partial charge in [0.25, 0.3) is 6.43 Å². The average molecular weight is 198 g/mol. The Morgan fingerprint density at radius 1 is 1.43 bits per heavy atom. The zero-order valence-electron chi connectivity index (χ0n) is 8.18. The number of alkyl halides is 2. The van der Waals surface area contributed by atoms with E-state index in [0.717, 1.165) is 0 Å². The van der Waals surface area contributed by atoms with Gasteiger partial charge in [0, 0.05) is 12.0 Å². The fraction of sp³-hybridized carbons (Fsp3) is 0.364. The average Bonchev–Trinajstić information content (AvgIpc) is 2.01. The number of ketones is 1. The third-order valence-electron chi connectivity index (χ3n) is 2.07. The fourth-order valence-corrected chi connectivity index (χ4v) is 1.48. The van der Waals surface area contributed by atoms with Gasteiger partial charge in [-0.25, -0.2) is 8.78 Å². The lowest BCUT2D eigenvalue weighted by atomic mass is 9.99. The van der Waals surface area contributed by atoms with Crippen LogP contribution in [0.5, 0.6) is 0 Å². The number of carbonyl (C=O) groups excluding carboxylic acids is 1. The second kappa shape index (κ2) is 4.31. The topological polar surface area (TPSA) is 17.1 Å². The number of carbonyl (C=O) groups is 1. The number of hydrogen-bond donors (Lipinski definition) is 0. The van der Waals surface area contributed by atoms with Crippen molar-refractivity contribution in [1.82, 2.24) is 0 Å². The molecule has 0 heterocycles. The third kappa shape index (κ3) is 2.37. The minimum Gasteiger partial charge on any atom is -0.300 e. The van der Waals surface area contributed by atoms with E-state index in [-0.39, 0.29) is 17.8 Å². The first kappa shape index (κ1) is 10.8. The maximum absolute atomic E-state index is 12.6. The summed E-state index contributed by atoms with van der Waals surface area (Å²) in [5, 5.41) is 0. The van der Waals surface area contributed by atoms with Crippen LogP contribution in [0, 0.1) is 6.92 Å². The van der Waals surface area contributed by atoms with Crippen LogP contribution in [0.1, 0.15) is 30.0 Å². The maximum Gasteiger partial charge on any atom is 0.264 e. The number of rotatable bonds is 3. The molecule has 0 N–H and O–H groups in total. The van der Waals surface area contributed by atoms with Crippen molar-refractivity contribution < 1.29 is 13.6 Å². The summed E-state index contributed by atoms with van der Waals surface area (Å²) in [6, 6.07) is 4.90. The van der Waals surface area contributed by atoms with Crippen LogP contribution in [0.15, 0.2) is 18.2 Å². The predicted molar refractivity (Wildman–Crippen MR) is 50.5 cm³/mol. The van der Waals surface area contributed by atoms with Crippen molar-refractivity contribution in [2.45, 2.75) is 26.7 Å². The SMILES string of the molecule is CC(=O)Cc1cccc(C)c1C(F)F. The van der Waals surface area contributed by atoms with Gasteiger partial charge in [-0.3, -0.25) is 4.79 Å². The molecule has 0 aromatic heterocycles. The van der Waals surface area contributed by atoms with E-state index < -0.39 is 6.43 Å². The Balaban J connectivity index is 3.14. The molecule has 0 aliphatic carbocycles. The zero-order chi connectivity index (χ0) is 10.7. The molecule has 76 valence electrons. The number of hydrogen-bond acceptors (Lipinski definition) is 1. The highest BCUT2D eigenvalue weighted by Gasteiger charge is 2.15. The number of Topliss-reactive ketones (excluding diaryl/α,β-unsaturated/α-hetero) is 1. The molecule has 0 unspecified atom stereocenters. The van der Waals surface area contributed by atoms with E-state index in [4.69, 9.17) is 0 Å². The molecule has 0 radical (unpaired) electrons. The minimum absolute atomic E-state index is 0.00250. The van der Waals surface area contributed by atoms with Crippen molar-refractivity contribution >= 4 is 5.78 Å². The summed E-state index contributed by atoms with van der Waals surface area (Å²) in [7, 11) is 0. The van der Waals surface area contributed by atoms with E-state index in [1.54, 1.807) is 25.1 Å². The summed E-state index contributed by atoms with van der Waals surface area (Å²) in [4.78, 5) is 10.9. The molecule has 0 aliphatic rings. The summed E-state index contributed by atoms with van der Waals surface area (Å²) in [5.41, 5.74) is 0.981. The van der Waals surface area contributed by atoms with Gasteiger partial charge >= 0.3 is 0 Å². The van der Waals surface area contributed by atoms with Gasteiger partial charge < -0.3 is 0 Å². The van der Waals surface area contributed by atoms with Gasteiger partial charge in [-0.15, -0.1) is 0 Å². The summed E-state index contributed by atoms with van der Waals surface area (Å²) < 4.78 is 25.3. The van der Waals surface area contributed by atoms with Gasteiger partial charge in [0.1, 0.15) is 5.78 Å². The molecule has 0 fully saturated rings. The van der Waals surface area contributed by atoms with Crippen LogP contribution in [-0.2, 0) is 11.2 Å². The molecule has 0 bridgehead atoms. The van der Waals surface area contributed by atoms with E-state index in [1.165, 1.54) is 6.92 Å². The van der Waals surface area contributed by atoms with Crippen LogP contribution in [0.25, 0.3) is 0 Å². The number of benzene rings is 1. The summed E-state index contributed by atoms with van der Waals surface area (Å²) in [6.07, 6.45) is -2.42. The number of aryl methyl sites for hydroxylation is 1. The first-order valence-electron chi connectivity index (χ1n) is 4.38. The fourth-order valence-electron chi connectivity index (χ4n) is 1.48. The largest absolute Gasteiger partial charge is 0.300 e. The molecule has 3 heteroatoms. The maximum atomic E-state index is 12.6. The molecule has 0 amide bonds. The van der Waals surface area contributed by atoms with Gasteiger partial charge in [-0.2, -0.15) is 0 Å². The van der Waals surface area contributed by atoms with E-state index in [1.807, 2.05) is 0 Å². The molecule has 1 aromatic carbocycles. The molecular formula is C11H12F2O. The highest BCUT2D eigenvalue weighted by Crippen LogP contribution is 2.26. The van der Waals surface area contributed by atoms with Crippen molar-refractivity contribution in [1.29, 1.82) is 0 Å². The zero-order valence-corrected chi connectivity index (χ0v) is 8.18. The van der Waals surface area contributed by atoms with E-state index in [9.17, 15) is 13.6 Å². The van der Waals surface area contributed by atoms with Crippen LogP contribution in [-0.4, -0.2) is 5.78 Å². The highest BCUT2D eigenvalue weighted by molar-refractivity contribution is 5.78. The van der Waals surface area contributed by atoms with Crippen molar-refractivity contribution in [2.75, 3.05) is 0 Å². The first-order valence-corrected chi connectivity index (χ1v) is 4.38. The predicted octanol–water partition coefficient (Wildman–Crippen LogP) is 3.06. The summed E-state index contributed by atoms with van der Waals surface area (Å²) in [6.45, 7) is 3.03. The second-order valence-electron chi connectivity index (χ2n) is 3.33. The monoisotopic (exact) mass is 198 g/mol. The van der Waals surface area contributed by atoms with Gasteiger partial charge in [-0.05, 0) is 25.0 Å². The lowest BCUT2D eigenvalue weighted by Crippen LogP contribution is -2.03. The van der Waals surface area contributed by atoms with E-state index in [0.29, 0.717) is 11.1 Å². The van der Waals surface area contributed by atoms with Crippen LogP contribution in [0.4, 0.5) is 8.78 Å². The Morgan fingerprint density at radius 2 is 2.07 bits per heavy atom. The van der Waals surface area contributed by atoms with E-state index in [2.05, 4.69) is 0 Å². The Labute approximate surface area is 81.7 Å². The number of halogens is 2. The molecular weight excluding hydrogens is 186 g/mol. The molecule has 0 aliphatic heterocycles. The van der Waals surface area contributed by atoms with Crippen molar-refractivity contribution in [3.8, 4) is 0 Å². The third-order valence-corrected chi connectivity index (χ3v) is 2.07. The Hall–Kier alpha value is -1.25. The molecule has 0 spiro atoms. The molecule has 0 saturated carbocycles. The molecule has 1 rings (SSSR count). The Bertz CT molecular complexity index is 345. The van der Waals surface area contributed by atoms with Crippen molar-refractivity contribution in [3.63, 3.8) is 0 Å². The molecule has 14 heavy (non-hydrogen) atoms. The normalized spacial score (nSPS) is 10.6. The van der Waals surface area contributed by atoms with Crippen LogP contribution < -0.4 is 0 Å².